The molecule has 0 spiro atoms. The Morgan fingerprint density at radius 1 is 0.952 bits per heavy atom. The van der Waals surface area contributed by atoms with E-state index in [0.29, 0.717) is 24.3 Å². The summed E-state index contributed by atoms with van der Waals surface area (Å²) in [4.78, 5) is 28.2. The Bertz CT molecular complexity index is 1470. The molecule has 1 N–H and O–H groups in total. The van der Waals surface area contributed by atoms with E-state index in [9.17, 15) is 22.4 Å². The lowest BCUT2D eigenvalue weighted by Crippen LogP contribution is -2.52. The van der Waals surface area contributed by atoms with E-state index in [2.05, 4.69) is 5.32 Å². The molecule has 12 heteroatoms. The van der Waals surface area contributed by atoms with E-state index in [1.54, 1.807) is 37.3 Å². The average Bonchev–Trinajstić information content (AvgIpc) is 2.96. The number of hydrogen-bond donors (Lipinski definition) is 1. The second-order valence-corrected chi connectivity index (χ2v) is 12.3. The summed E-state index contributed by atoms with van der Waals surface area (Å²) in [7, 11) is -4.36. The number of benzene rings is 3. The van der Waals surface area contributed by atoms with Crippen LogP contribution in [0.1, 0.15) is 39.7 Å². The maximum absolute atomic E-state index is 14.0. The molecule has 0 radical (unpaired) electrons. The van der Waals surface area contributed by atoms with E-state index in [0.717, 1.165) is 28.6 Å². The maximum Gasteiger partial charge on any atom is 0.264 e. The highest BCUT2D eigenvalue weighted by Crippen LogP contribution is 2.29. The average molecular weight is 639 g/mol. The molecule has 8 nitrogen and oxygen atoms in total. The van der Waals surface area contributed by atoms with Crippen molar-refractivity contribution in [1.82, 2.24) is 10.2 Å². The number of sulfonamides is 1. The highest BCUT2D eigenvalue weighted by Gasteiger charge is 2.33. The molecule has 3 aromatic rings. The van der Waals surface area contributed by atoms with Crippen molar-refractivity contribution >= 4 is 50.7 Å². The first kappa shape index (κ1) is 33.2. The Morgan fingerprint density at radius 2 is 1.55 bits per heavy atom. The molecule has 2 amide bonds. The van der Waals surface area contributed by atoms with Crippen LogP contribution in [-0.2, 0) is 26.2 Å². The fraction of sp³-hybridized carbons (Fsp3) is 0.333. The Labute approximate surface area is 256 Å². The lowest BCUT2D eigenvalue weighted by Gasteiger charge is -2.33. The monoisotopic (exact) mass is 637 g/mol. The van der Waals surface area contributed by atoms with Crippen LogP contribution >= 0.6 is 23.2 Å². The van der Waals surface area contributed by atoms with Crippen molar-refractivity contribution < 1.29 is 27.1 Å². The molecule has 3 aromatic carbocycles. The van der Waals surface area contributed by atoms with Gasteiger partial charge >= 0.3 is 0 Å². The van der Waals surface area contributed by atoms with Crippen molar-refractivity contribution in [3.63, 3.8) is 0 Å². The van der Waals surface area contributed by atoms with Gasteiger partial charge in [0.1, 0.15) is 24.2 Å². The summed E-state index contributed by atoms with van der Waals surface area (Å²) in [6.07, 6.45) is 0.671. The van der Waals surface area contributed by atoms with Crippen LogP contribution in [0.25, 0.3) is 0 Å². The summed E-state index contributed by atoms with van der Waals surface area (Å²) in [6.45, 7) is 6.70. The van der Waals surface area contributed by atoms with Gasteiger partial charge in [0.05, 0.1) is 17.2 Å². The minimum atomic E-state index is -4.36. The number of ether oxygens (including phenoxy) is 1. The number of nitrogens with zero attached hydrogens (tertiary/aromatic N) is 2. The zero-order chi connectivity index (χ0) is 31.0. The van der Waals surface area contributed by atoms with Crippen LogP contribution in [0.3, 0.4) is 0 Å². The summed E-state index contributed by atoms with van der Waals surface area (Å²) in [6, 6.07) is 14.2. The van der Waals surface area contributed by atoms with Gasteiger partial charge in [-0.25, -0.2) is 12.8 Å². The third-order valence-corrected chi connectivity index (χ3v) is 9.17. The van der Waals surface area contributed by atoms with E-state index >= 15 is 0 Å². The number of carbonyl (C=O) groups is 2. The highest BCUT2D eigenvalue weighted by molar-refractivity contribution is 7.92. The Hall–Kier alpha value is -3.34. The number of rotatable bonds is 13. The SMILES string of the molecule is CCOc1ccc(N(CC(=O)N(Cc2c(Cl)cccc2Cl)[C@H](C)C(=O)N[C@H](C)CC)S(=O)(=O)c2ccc(F)cc2)cc1. The van der Waals surface area contributed by atoms with Crippen molar-refractivity contribution in [3.05, 3.63) is 88.2 Å². The molecule has 2 atom stereocenters. The molecule has 0 heterocycles. The fourth-order valence-corrected chi connectivity index (χ4v) is 5.97. The Morgan fingerprint density at radius 3 is 2.10 bits per heavy atom. The molecule has 0 aliphatic carbocycles. The van der Waals surface area contributed by atoms with Crippen molar-refractivity contribution in [3.8, 4) is 5.75 Å². The molecule has 0 aromatic heterocycles. The molecule has 0 aliphatic heterocycles. The second-order valence-electron chi connectivity index (χ2n) is 9.61. The zero-order valence-corrected chi connectivity index (χ0v) is 26.1. The predicted octanol–water partition coefficient (Wildman–Crippen LogP) is 6.06. The zero-order valence-electron chi connectivity index (χ0n) is 23.8. The Balaban J connectivity index is 2.07. The molecule has 0 fully saturated rings. The predicted molar refractivity (Wildman–Crippen MR) is 163 cm³/mol. The largest absolute Gasteiger partial charge is 0.494 e. The van der Waals surface area contributed by atoms with Crippen LogP contribution in [0.15, 0.2) is 71.6 Å². The molecule has 42 heavy (non-hydrogen) atoms. The minimum Gasteiger partial charge on any atom is -0.494 e. The second kappa shape index (κ2) is 14.7. The maximum atomic E-state index is 14.0. The van der Waals surface area contributed by atoms with Gasteiger partial charge in [-0.1, -0.05) is 36.2 Å². The molecule has 3 rings (SSSR count). The van der Waals surface area contributed by atoms with Gasteiger partial charge in [0.2, 0.25) is 11.8 Å². The van der Waals surface area contributed by atoms with Crippen LogP contribution in [-0.4, -0.2) is 50.4 Å². The minimum absolute atomic E-state index is 0.153. The van der Waals surface area contributed by atoms with Crippen molar-refractivity contribution in [2.45, 2.75) is 57.6 Å². The first-order valence-corrected chi connectivity index (χ1v) is 15.6. The van der Waals surface area contributed by atoms with E-state index in [1.165, 1.54) is 17.0 Å². The van der Waals surface area contributed by atoms with Crippen molar-refractivity contribution in [2.75, 3.05) is 17.5 Å². The van der Waals surface area contributed by atoms with Crippen LogP contribution in [0, 0.1) is 5.82 Å². The first-order valence-electron chi connectivity index (χ1n) is 13.4. The highest BCUT2D eigenvalue weighted by atomic mass is 35.5. The van der Waals surface area contributed by atoms with Crippen LogP contribution in [0.4, 0.5) is 10.1 Å². The summed E-state index contributed by atoms with van der Waals surface area (Å²) in [5.74, 6) is -1.20. The molecule has 0 saturated carbocycles. The molecular weight excluding hydrogens is 604 g/mol. The number of amides is 2. The summed E-state index contributed by atoms with van der Waals surface area (Å²) in [5.41, 5.74) is 0.579. The van der Waals surface area contributed by atoms with Gasteiger partial charge in [-0.05, 0) is 87.9 Å². The third-order valence-electron chi connectivity index (χ3n) is 6.67. The number of anilines is 1. The van der Waals surface area contributed by atoms with Gasteiger partial charge < -0.3 is 15.0 Å². The summed E-state index contributed by atoms with van der Waals surface area (Å²) < 4.78 is 47.7. The van der Waals surface area contributed by atoms with E-state index in [-0.39, 0.29) is 33.2 Å². The van der Waals surface area contributed by atoms with Crippen LogP contribution in [0.5, 0.6) is 5.75 Å². The third kappa shape index (κ3) is 8.14. The molecule has 0 saturated heterocycles. The lowest BCUT2D eigenvalue weighted by atomic mass is 10.1. The molecule has 0 bridgehead atoms. The van der Waals surface area contributed by atoms with Crippen molar-refractivity contribution in [2.24, 2.45) is 0 Å². The fourth-order valence-electron chi connectivity index (χ4n) is 4.04. The molecule has 0 unspecified atom stereocenters. The van der Waals surface area contributed by atoms with Gasteiger partial charge in [0, 0.05) is 28.2 Å². The smallest absolute Gasteiger partial charge is 0.264 e. The normalized spacial score (nSPS) is 12.7. The molecular formula is C30H34Cl2FN3O5S. The first-order chi connectivity index (χ1) is 19.9. The van der Waals surface area contributed by atoms with Crippen molar-refractivity contribution in [1.29, 1.82) is 0 Å². The number of nitrogens with one attached hydrogen (secondary N) is 1. The van der Waals surface area contributed by atoms with Gasteiger partial charge in [-0.3, -0.25) is 13.9 Å². The number of carbonyl (C=O) groups excluding carboxylic acids is 2. The van der Waals surface area contributed by atoms with Crippen LogP contribution in [0.2, 0.25) is 10.0 Å². The molecule has 226 valence electrons. The molecule has 0 aliphatic rings. The van der Waals surface area contributed by atoms with Gasteiger partial charge in [-0.2, -0.15) is 0 Å². The van der Waals surface area contributed by atoms with Crippen LogP contribution < -0.4 is 14.4 Å². The van der Waals surface area contributed by atoms with E-state index in [1.807, 2.05) is 20.8 Å². The quantitative estimate of drug-likeness (QED) is 0.246. The summed E-state index contributed by atoms with van der Waals surface area (Å²) in [5, 5.41) is 3.44. The summed E-state index contributed by atoms with van der Waals surface area (Å²) >= 11 is 12.8. The Kier molecular flexibility index (Phi) is 11.6. The van der Waals surface area contributed by atoms with Gasteiger partial charge in [0.25, 0.3) is 10.0 Å². The number of hydrogen-bond acceptors (Lipinski definition) is 5. The van der Waals surface area contributed by atoms with E-state index < -0.39 is 40.2 Å². The standard InChI is InChI=1S/C30H34Cl2FN3O5S/c1-5-20(3)34-30(38)21(4)35(18-26-27(31)8-7-9-28(26)32)29(37)19-36(23-12-14-24(15-13-23)41-6-2)42(39,40)25-16-10-22(33)11-17-25/h7-17,20-21H,5-6,18-19H2,1-4H3,(H,34,38)/t20-,21-/m1/s1. The lowest BCUT2D eigenvalue weighted by molar-refractivity contribution is -0.139. The van der Waals surface area contributed by atoms with E-state index in [4.69, 9.17) is 27.9 Å². The number of halogens is 3. The topological polar surface area (TPSA) is 96.0 Å². The van der Waals surface area contributed by atoms with Gasteiger partial charge in [0.15, 0.2) is 0 Å². The van der Waals surface area contributed by atoms with Gasteiger partial charge in [-0.15, -0.1) is 0 Å².